The molecule has 1 aromatic carbocycles. The van der Waals surface area contributed by atoms with Crippen molar-refractivity contribution >= 4 is 38.4 Å². The summed E-state index contributed by atoms with van der Waals surface area (Å²) < 4.78 is 3.32. The molecule has 1 fully saturated rings. The van der Waals surface area contributed by atoms with E-state index in [2.05, 4.69) is 27.0 Å². The molecule has 148 valence electrons. The van der Waals surface area contributed by atoms with Crippen LogP contribution in [0.25, 0.3) is 16.1 Å². The van der Waals surface area contributed by atoms with Gasteiger partial charge in [-0.05, 0) is 24.8 Å². The Bertz CT molecular complexity index is 1260. The number of rotatable bonds is 5. The zero-order valence-electron chi connectivity index (χ0n) is 16.1. The zero-order chi connectivity index (χ0) is 20.0. The van der Waals surface area contributed by atoms with Crippen LogP contribution in [0.15, 0.2) is 47.5 Å². The van der Waals surface area contributed by atoms with Gasteiger partial charge in [-0.2, -0.15) is 0 Å². The molecule has 3 aromatic heterocycles. The topological polar surface area (TPSA) is 72.5 Å². The molecule has 7 nitrogen and oxygen atoms in total. The van der Waals surface area contributed by atoms with Gasteiger partial charge in [0.15, 0.2) is 21.3 Å². The first-order chi connectivity index (χ1) is 14.1. The maximum atomic E-state index is 12.9. The SMILES string of the molecule is Cn1ccn2c(=O)c3nc(N4CCC[C@@H]4C(=O)CCc4ccccc4)sc3nc12. The molecule has 4 heterocycles. The number of carbonyl (C=O) groups excluding carboxylic acids is 1. The molecule has 8 heteroatoms. The first kappa shape index (κ1) is 18.1. The third kappa shape index (κ3) is 3.13. The van der Waals surface area contributed by atoms with Gasteiger partial charge < -0.3 is 9.47 Å². The smallest absolute Gasteiger partial charge is 0.286 e. The Balaban J connectivity index is 1.42. The molecular formula is C21H21N5O2S. The normalized spacial score (nSPS) is 16.9. The van der Waals surface area contributed by atoms with Crippen molar-refractivity contribution in [1.29, 1.82) is 0 Å². The second-order valence-electron chi connectivity index (χ2n) is 7.45. The average Bonchev–Trinajstić information content (AvgIpc) is 3.46. The Labute approximate surface area is 171 Å². The second-order valence-corrected chi connectivity index (χ2v) is 8.41. The van der Waals surface area contributed by atoms with E-state index in [0.717, 1.165) is 30.9 Å². The third-order valence-corrected chi connectivity index (χ3v) is 6.55. The van der Waals surface area contributed by atoms with E-state index in [1.807, 2.05) is 29.8 Å². The van der Waals surface area contributed by atoms with Crippen molar-refractivity contribution in [3.05, 3.63) is 58.6 Å². The molecule has 0 spiro atoms. The third-order valence-electron chi connectivity index (χ3n) is 5.56. The number of benzene rings is 1. The summed E-state index contributed by atoms with van der Waals surface area (Å²) in [4.78, 5) is 37.6. The highest BCUT2D eigenvalue weighted by atomic mass is 32.1. The van der Waals surface area contributed by atoms with Crippen molar-refractivity contribution in [1.82, 2.24) is 18.9 Å². The number of nitrogens with zero attached hydrogens (tertiary/aromatic N) is 5. The van der Waals surface area contributed by atoms with Crippen LogP contribution in [0.1, 0.15) is 24.8 Å². The quantitative estimate of drug-likeness (QED) is 0.509. The molecule has 1 aliphatic heterocycles. The van der Waals surface area contributed by atoms with Gasteiger partial charge in [0, 0.05) is 32.4 Å². The Morgan fingerprint density at radius 3 is 2.86 bits per heavy atom. The molecule has 0 amide bonds. The highest BCUT2D eigenvalue weighted by molar-refractivity contribution is 7.21. The van der Waals surface area contributed by atoms with Crippen LogP contribution in [-0.2, 0) is 18.3 Å². The summed E-state index contributed by atoms with van der Waals surface area (Å²) in [7, 11) is 1.86. The number of thiazole rings is 1. The molecule has 0 N–H and O–H groups in total. The minimum Gasteiger partial charge on any atom is -0.338 e. The molecule has 5 rings (SSSR count). The largest absolute Gasteiger partial charge is 0.338 e. The van der Waals surface area contributed by atoms with Crippen LogP contribution in [0.4, 0.5) is 5.13 Å². The second kappa shape index (κ2) is 7.11. The lowest BCUT2D eigenvalue weighted by Gasteiger charge is -2.22. The Morgan fingerprint density at radius 2 is 2.03 bits per heavy atom. The maximum absolute atomic E-state index is 12.9. The van der Waals surface area contributed by atoms with Crippen molar-refractivity contribution in [3.63, 3.8) is 0 Å². The van der Waals surface area contributed by atoms with Gasteiger partial charge in [0.05, 0.1) is 6.04 Å². The van der Waals surface area contributed by atoms with Gasteiger partial charge in [0.25, 0.3) is 5.56 Å². The van der Waals surface area contributed by atoms with E-state index in [1.54, 1.807) is 12.4 Å². The van der Waals surface area contributed by atoms with Gasteiger partial charge in [-0.15, -0.1) is 0 Å². The predicted molar refractivity (Wildman–Crippen MR) is 114 cm³/mol. The van der Waals surface area contributed by atoms with E-state index in [1.165, 1.54) is 21.3 Å². The van der Waals surface area contributed by atoms with Crippen LogP contribution >= 0.6 is 11.3 Å². The molecule has 1 saturated heterocycles. The molecule has 0 saturated carbocycles. The number of anilines is 1. The summed E-state index contributed by atoms with van der Waals surface area (Å²) in [6.07, 6.45) is 6.55. The van der Waals surface area contributed by atoms with Crippen molar-refractivity contribution in [2.75, 3.05) is 11.4 Å². The highest BCUT2D eigenvalue weighted by Gasteiger charge is 2.32. The van der Waals surface area contributed by atoms with Crippen molar-refractivity contribution < 1.29 is 4.79 Å². The van der Waals surface area contributed by atoms with E-state index in [0.29, 0.717) is 22.5 Å². The van der Waals surface area contributed by atoms with Gasteiger partial charge in [-0.25, -0.2) is 14.4 Å². The number of imidazole rings is 1. The van der Waals surface area contributed by atoms with Crippen LogP contribution in [0, 0.1) is 0 Å². The Morgan fingerprint density at radius 1 is 1.21 bits per heavy atom. The van der Waals surface area contributed by atoms with Gasteiger partial charge in [-0.3, -0.25) is 9.59 Å². The lowest BCUT2D eigenvalue weighted by molar-refractivity contribution is -0.120. The minimum absolute atomic E-state index is 0.167. The first-order valence-corrected chi connectivity index (χ1v) is 10.6. The van der Waals surface area contributed by atoms with Gasteiger partial charge in [-0.1, -0.05) is 41.7 Å². The number of hydrogen-bond acceptors (Lipinski definition) is 6. The summed E-state index contributed by atoms with van der Waals surface area (Å²) in [6.45, 7) is 0.780. The monoisotopic (exact) mass is 407 g/mol. The molecule has 1 atom stereocenters. The Kier molecular flexibility index (Phi) is 4.43. The van der Waals surface area contributed by atoms with Crippen LogP contribution in [0.2, 0.25) is 0 Å². The summed E-state index contributed by atoms with van der Waals surface area (Å²) in [6, 6.07) is 9.92. The highest BCUT2D eigenvalue weighted by Crippen LogP contribution is 2.32. The number of aryl methyl sites for hydroxylation is 2. The summed E-state index contributed by atoms with van der Waals surface area (Å²) in [5.41, 5.74) is 1.38. The predicted octanol–water partition coefficient (Wildman–Crippen LogP) is 2.81. The fourth-order valence-electron chi connectivity index (χ4n) is 4.01. The van der Waals surface area contributed by atoms with E-state index in [9.17, 15) is 9.59 Å². The molecule has 0 unspecified atom stereocenters. The number of hydrogen-bond donors (Lipinski definition) is 0. The molecule has 0 radical (unpaired) electrons. The molecule has 0 bridgehead atoms. The van der Waals surface area contributed by atoms with Crippen molar-refractivity contribution in [3.8, 4) is 0 Å². The van der Waals surface area contributed by atoms with Crippen molar-refractivity contribution in [2.24, 2.45) is 7.05 Å². The maximum Gasteiger partial charge on any atom is 0.286 e. The molecule has 4 aromatic rings. The fraction of sp³-hybridized carbons (Fsp3) is 0.333. The standard InChI is InChI=1S/C21H21N5O2S/c1-24-12-13-26-19(28)17-18(23-20(24)26)29-21(22-17)25-11-5-8-15(25)16(27)10-9-14-6-3-2-4-7-14/h2-4,6-7,12-13,15H,5,8-11H2,1H3/t15-/m1/s1. The fourth-order valence-corrected chi connectivity index (χ4v) is 5.02. The number of aromatic nitrogens is 4. The van der Waals surface area contributed by atoms with Crippen LogP contribution in [0.3, 0.4) is 0 Å². The molecule has 0 aliphatic carbocycles. The lowest BCUT2D eigenvalue weighted by atomic mass is 10.0. The van der Waals surface area contributed by atoms with E-state index in [4.69, 9.17) is 0 Å². The zero-order valence-corrected chi connectivity index (χ0v) is 16.9. The summed E-state index contributed by atoms with van der Waals surface area (Å²) in [5, 5.41) is 0.719. The number of carbonyl (C=O) groups is 1. The number of ketones is 1. The van der Waals surface area contributed by atoms with Gasteiger partial charge in [0.1, 0.15) is 0 Å². The van der Waals surface area contributed by atoms with Gasteiger partial charge >= 0.3 is 0 Å². The van der Waals surface area contributed by atoms with E-state index >= 15 is 0 Å². The lowest BCUT2D eigenvalue weighted by Crippen LogP contribution is -2.36. The number of Topliss-reactive ketones (excluding diaryl/α,β-unsaturated/α-hetero) is 1. The average molecular weight is 407 g/mol. The molecule has 1 aliphatic rings. The first-order valence-electron chi connectivity index (χ1n) is 9.79. The Hall–Kier alpha value is -3.00. The summed E-state index contributed by atoms with van der Waals surface area (Å²) >= 11 is 1.40. The van der Waals surface area contributed by atoms with E-state index < -0.39 is 0 Å². The van der Waals surface area contributed by atoms with Gasteiger partial charge in [0.2, 0.25) is 5.78 Å². The van der Waals surface area contributed by atoms with E-state index in [-0.39, 0.29) is 17.4 Å². The van der Waals surface area contributed by atoms with Crippen LogP contribution in [-0.4, -0.2) is 37.3 Å². The molecular weight excluding hydrogens is 386 g/mol. The summed E-state index contributed by atoms with van der Waals surface area (Å²) in [5.74, 6) is 0.829. The minimum atomic E-state index is -0.170. The molecule has 29 heavy (non-hydrogen) atoms. The van der Waals surface area contributed by atoms with Crippen molar-refractivity contribution in [2.45, 2.75) is 31.7 Å². The van der Waals surface area contributed by atoms with Crippen LogP contribution < -0.4 is 10.5 Å². The number of fused-ring (bicyclic) bond motifs is 2. The van der Waals surface area contributed by atoms with Crippen LogP contribution in [0.5, 0.6) is 0 Å².